The molecular weight excluding hydrogens is 408 g/mol. The molecule has 0 N–H and O–H groups in total. The molecule has 2 heterocycles. The lowest BCUT2D eigenvalue weighted by Gasteiger charge is -2.37. The highest BCUT2D eigenvalue weighted by molar-refractivity contribution is 14.1. The van der Waals surface area contributed by atoms with E-state index in [9.17, 15) is 9.18 Å². The standard InChI is InChI=1S/C17H23FIN3O/c1-2-20-7-9-21(10-8-20)14-5-6-22(12-14)17(23)15-11-13(18)3-4-16(15)19/h3-4,11,14H,2,5-10,12H2,1H3. The summed E-state index contributed by atoms with van der Waals surface area (Å²) in [6.07, 6.45) is 1.02. The predicted molar refractivity (Wildman–Crippen MR) is 97.1 cm³/mol. The lowest BCUT2D eigenvalue weighted by molar-refractivity contribution is 0.0744. The molecule has 1 atom stereocenters. The minimum atomic E-state index is -0.347. The van der Waals surface area contributed by atoms with Crippen LogP contribution in [0.1, 0.15) is 23.7 Å². The van der Waals surface area contributed by atoms with Crippen LogP contribution >= 0.6 is 22.6 Å². The van der Waals surface area contributed by atoms with Crippen molar-refractivity contribution in [1.29, 1.82) is 0 Å². The number of likely N-dealkylation sites (N-methyl/N-ethyl adjacent to an activating group) is 1. The first kappa shape index (κ1) is 17.1. The normalized spacial score (nSPS) is 23.4. The number of nitrogens with zero attached hydrogens (tertiary/aromatic N) is 3. The van der Waals surface area contributed by atoms with Gasteiger partial charge in [0.15, 0.2) is 0 Å². The molecule has 6 heteroatoms. The molecule has 0 saturated carbocycles. The van der Waals surface area contributed by atoms with Crippen LogP contribution in [0.3, 0.4) is 0 Å². The predicted octanol–water partition coefficient (Wildman–Crippen LogP) is 2.28. The monoisotopic (exact) mass is 431 g/mol. The number of piperazine rings is 1. The van der Waals surface area contributed by atoms with E-state index < -0.39 is 0 Å². The summed E-state index contributed by atoms with van der Waals surface area (Å²) in [6.45, 7) is 9.23. The molecule has 0 bridgehead atoms. The van der Waals surface area contributed by atoms with Gasteiger partial charge in [0.2, 0.25) is 0 Å². The van der Waals surface area contributed by atoms with Gasteiger partial charge >= 0.3 is 0 Å². The summed E-state index contributed by atoms with van der Waals surface area (Å²) in [5.74, 6) is -0.385. The van der Waals surface area contributed by atoms with Gasteiger partial charge in [-0.3, -0.25) is 9.69 Å². The van der Waals surface area contributed by atoms with Gasteiger partial charge in [-0.05, 0) is 53.8 Å². The average molecular weight is 431 g/mol. The molecule has 0 aromatic heterocycles. The minimum Gasteiger partial charge on any atom is -0.337 e. The Morgan fingerprint density at radius 2 is 2.00 bits per heavy atom. The molecule has 1 unspecified atom stereocenters. The number of amides is 1. The van der Waals surface area contributed by atoms with Crippen LogP contribution in [0, 0.1) is 9.39 Å². The molecular formula is C17H23FIN3O. The van der Waals surface area contributed by atoms with Gasteiger partial charge in [0.1, 0.15) is 5.82 Å². The summed E-state index contributed by atoms with van der Waals surface area (Å²) in [7, 11) is 0. The van der Waals surface area contributed by atoms with Crippen molar-refractivity contribution in [2.24, 2.45) is 0 Å². The van der Waals surface area contributed by atoms with Gasteiger partial charge in [0, 0.05) is 48.9 Å². The highest BCUT2D eigenvalue weighted by Gasteiger charge is 2.32. The van der Waals surface area contributed by atoms with E-state index in [2.05, 4.69) is 39.3 Å². The lowest BCUT2D eigenvalue weighted by Crippen LogP contribution is -2.51. The Hall–Kier alpha value is -0.730. The van der Waals surface area contributed by atoms with E-state index in [0.717, 1.165) is 55.8 Å². The third kappa shape index (κ3) is 3.85. The van der Waals surface area contributed by atoms with E-state index in [1.807, 2.05) is 4.90 Å². The molecule has 1 aromatic carbocycles. The van der Waals surface area contributed by atoms with E-state index in [0.29, 0.717) is 11.6 Å². The molecule has 3 rings (SSSR count). The van der Waals surface area contributed by atoms with Crippen molar-refractivity contribution in [2.45, 2.75) is 19.4 Å². The second-order valence-corrected chi connectivity index (χ2v) is 7.45. The second kappa shape index (κ2) is 7.44. The maximum absolute atomic E-state index is 13.4. The zero-order chi connectivity index (χ0) is 16.4. The van der Waals surface area contributed by atoms with E-state index >= 15 is 0 Å². The summed E-state index contributed by atoms with van der Waals surface area (Å²) in [6, 6.07) is 4.88. The molecule has 2 fully saturated rings. The van der Waals surface area contributed by atoms with Crippen molar-refractivity contribution in [1.82, 2.24) is 14.7 Å². The first-order valence-electron chi connectivity index (χ1n) is 8.29. The second-order valence-electron chi connectivity index (χ2n) is 6.29. The van der Waals surface area contributed by atoms with Gasteiger partial charge in [-0.1, -0.05) is 6.92 Å². The number of benzene rings is 1. The highest BCUT2D eigenvalue weighted by Crippen LogP contribution is 2.22. The zero-order valence-electron chi connectivity index (χ0n) is 13.5. The minimum absolute atomic E-state index is 0.0383. The fraction of sp³-hybridized carbons (Fsp3) is 0.588. The van der Waals surface area contributed by atoms with E-state index in [1.165, 1.54) is 12.1 Å². The molecule has 0 radical (unpaired) electrons. The van der Waals surface area contributed by atoms with E-state index in [4.69, 9.17) is 0 Å². The first-order valence-corrected chi connectivity index (χ1v) is 9.37. The maximum atomic E-state index is 13.4. The largest absolute Gasteiger partial charge is 0.337 e. The van der Waals surface area contributed by atoms with Gasteiger partial charge in [-0.15, -0.1) is 0 Å². The molecule has 23 heavy (non-hydrogen) atoms. The maximum Gasteiger partial charge on any atom is 0.255 e. The van der Waals surface area contributed by atoms with Crippen molar-refractivity contribution in [3.8, 4) is 0 Å². The number of likely N-dealkylation sites (tertiary alicyclic amines) is 1. The number of hydrogen-bond donors (Lipinski definition) is 0. The number of rotatable bonds is 3. The Morgan fingerprint density at radius 1 is 1.26 bits per heavy atom. The van der Waals surface area contributed by atoms with Crippen molar-refractivity contribution < 1.29 is 9.18 Å². The van der Waals surface area contributed by atoms with E-state index in [-0.39, 0.29) is 11.7 Å². The van der Waals surface area contributed by atoms with Gasteiger partial charge < -0.3 is 9.80 Å². The van der Waals surface area contributed by atoms with Crippen LogP contribution in [0.25, 0.3) is 0 Å². The van der Waals surface area contributed by atoms with Gasteiger partial charge in [0.25, 0.3) is 5.91 Å². The molecule has 126 valence electrons. The Bertz CT molecular complexity index is 575. The third-order valence-corrected chi connectivity index (χ3v) is 5.92. The number of halogens is 2. The quantitative estimate of drug-likeness (QED) is 0.688. The van der Waals surface area contributed by atoms with Crippen LogP contribution in [-0.2, 0) is 0 Å². The highest BCUT2D eigenvalue weighted by atomic mass is 127. The summed E-state index contributed by atoms with van der Waals surface area (Å²) < 4.78 is 14.3. The van der Waals surface area contributed by atoms with Gasteiger partial charge in [-0.2, -0.15) is 0 Å². The Balaban J connectivity index is 1.61. The molecule has 2 aliphatic heterocycles. The van der Waals surface area contributed by atoms with Crippen molar-refractivity contribution in [2.75, 3.05) is 45.8 Å². The molecule has 1 amide bonds. The number of carbonyl (C=O) groups is 1. The number of carbonyl (C=O) groups excluding carboxylic acids is 1. The Labute approximate surface area is 150 Å². The molecule has 0 aliphatic carbocycles. The summed E-state index contributed by atoms with van der Waals surface area (Å²) >= 11 is 2.10. The van der Waals surface area contributed by atoms with Crippen LogP contribution in [0.5, 0.6) is 0 Å². The van der Waals surface area contributed by atoms with Crippen molar-refractivity contribution in [3.05, 3.63) is 33.1 Å². The van der Waals surface area contributed by atoms with Crippen LogP contribution < -0.4 is 0 Å². The lowest BCUT2D eigenvalue weighted by atomic mass is 10.2. The zero-order valence-corrected chi connectivity index (χ0v) is 15.6. The third-order valence-electron chi connectivity index (χ3n) is 4.98. The first-order chi connectivity index (χ1) is 11.1. The summed E-state index contributed by atoms with van der Waals surface area (Å²) in [5, 5.41) is 0. The van der Waals surface area contributed by atoms with Crippen LogP contribution in [0.15, 0.2) is 18.2 Å². The van der Waals surface area contributed by atoms with Crippen LogP contribution in [0.4, 0.5) is 4.39 Å². The van der Waals surface area contributed by atoms with Crippen molar-refractivity contribution in [3.63, 3.8) is 0 Å². The molecule has 1 aromatic rings. The van der Waals surface area contributed by atoms with Gasteiger partial charge in [-0.25, -0.2) is 4.39 Å². The Kier molecular flexibility index (Phi) is 5.53. The SMILES string of the molecule is CCN1CCN(C2CCN(C(=O)c3cc(F)ccc3I)C2)CC1. The van der Waals surface area contributed by atoms with Crippen molar-refractivity contribution >= 4 is 28.5 Å². The van der Waals surface area contributed by atoms with Crippen LogP contribution in [-0.4, -0.2) is 72.5 Å². The molecule has 0 spiro atoms. The molecule has 2 aliphatic rings. The topological polar surface area (TPSA) is 26.8 Å². The van der Waals surface area contributed by atoms with Crippen LogP contribution in [0.2, 0.25) is 0 Å². The molecule has 4 nitrogen and oxygen atoms in total. The fourth-order valence-corrected chi connectivity index (χ4v) is 4.07. The smallest absolute Gasteiger partial charge is 0.255 e. The average Bonchev–Trinajstić information content (AvgIpc) is 3.06. The summed E-state index contributed by atoms with van der Waals surface area (Å²) in [5.41, 5.74) is 0.488. The van der Waals surface area contributed by atoms with E-state index in [1.54, 1.807) is 6.07 Å². The number of hydrogen-bond acceptors (Lipinski definition) is 3. The molecule has 2 saturated heterocycles. The summed E-state index contributed by atoms with van der Waals surface area (Å²) in [4.78, 5) is 19.5. The Morgan fingerprint density at radius 3 is 2.70 bits per heavy atom. The van der Waals surface area contributed by atoms with Gasteiger partial charge in [0.05, 0.1) is 5.56 Å². The fourth-order valence-electron chi connectivity index (χ4n) is 3.50.